The first kappa shape index (κ1) is 15.1. The van der Waals surface area contributed by atoms with E-state index < -0.39 is 10.0 Å². The van der Waals surface area contributed by atoms with E-state index in [-0.39, 0.29) is 5.09 Å². The van der Waals surface area contributed by atoms with Crippen LogP contribution >= 0.6 is 11.6 Å². The number of nitrogens with two attached hydrogens (primary N) is 1. The molecule has 108 valence electrons. The molecule has 0 saturated heterocycles. The zero-order valence-electron chi connectivity index (χ0n) is 10.7. The van der Waals surface area contributed by atoms with Gasteiger partial charge in [-0.1, -0.05) is 23.7 Å². The molecule has 7 heteroatoms. The van der Waals surface area contributed by atoms with Gasteiger partial charge in [-0.3, -0.25) is 0 Å². The highest BCUT2D eigenvalue weighted by atomic mass is 35.5. The van der Waals surface area contributed by atoms with Crippen molar-refractivity contribution in [3.05, 3.63) is 52.7 Å². The Balaban J connectivity index is 1.79. The molecule has 0 amide bonds. The van der Waals surface area contributed by atoms with Gasteiger partial charge in [0.2, 0.25) is 5.09 Å². The second-order valence-corrected chi connectivity index (χ2v) is 6.25. The zero-order valence-corrected chi connectivity index (χ0v) is 12.2. The van der Waals surface area contributed by atoms with Gasteiger partial charge < -0.3 is 9.73 Å². The van der Waals surface area contributed by atoms with Crippen LogP contribution < -0.4 is 10.5 Å². The van der Waals surface area contributed by atoms with Gasteiger partial charge in [-0.25, -0.2) is 13.6 Å². The minimum atomic E-state index is -3.77. The molecule has 0 spiro atoms. The van der Waals surface area contributed by atoms with Crippen molar-refractivity contribution in [3.63, 3.8) is 0 Å². The second kappa shape index (κ2) is 6.41. The van der Waals surface area contributed by atoms with Crippen LogP contribution in [0.15, 0.2) is 45.9 Å². The van der Waals surface area contributed by atoms with E-state index in [0.29, 0.717) is 17.3 Å². The molecule has 0 bridgehead atoms. The third kappa shape index (κ3) is 4.35. The van der Waals surface area contributed by atoms with E-state index in [1.54, 1.807) is 6.07 Å². The summed E-state index contributed by atoms with van der Waals surface area (Å²) in [6.45, 7) is 1.19. The topological polar surface area (TPSA) is 85.3 Å². The highest BCUT2D eigenvalue weighted by molar-refractivity contribution is 7.89. The van der Waals surface area contributed by atoms with Gasteiger partial charge in [-0.05, 0) is 42.8 Å². The maximum Gasteiger partial charge on any atom is 0.271 e. The van der Waals surface area contributed by atoms with Gasteiger partial charge >= 0.3 is 0 Å². The summed E-state index contributed by atoms with van der Waals surface area (Å²) < 4.78 is 27.2. The van der Waals surface area contributed by atoms with E-state index in [0.717, 1.165) is 13.0 Å². The molecule has 5 nitrogen and oxygen atoms in total. The number of hydrogen-bond donors (Lipinski definition) is 2. The van der Waals surface area contributed by atoms with Gasteiger partial charge in [0.25, 0.3) is 10.0 Å². The summed E-state index contributed by atoms with van der Waals surface area (Å²) in [6, 6.07) is 10.6. The Morgan fingerprint density at radius 2 is 1.85 bits per heavy atom. The summed E-state index contributed by atoms with van der Waals surface area (Å²) in [5.74, 6) is 0.533. The molecule has 1 heterocycles. The summed E-state index contributed by atoms with van der Waals surface area (Å²) in [6.07, 6.45) is 0.847. The predicted octanol–water partition coefficient (Wildman–Crippen LogP) is 1.91. The quantitative estimate of drug-likeness (QED) is 0.798. The maximum atomic E-state index is 11.0. The molecule has 3 N–H and O–H groups in total. The van der Waals surface area contributed by atoms with Crippen LogP contribution in [0, 0.1) is 0 Å². The first-order chi connectivity index (χ1) is 9.45. The fourth-order valence-electron chi connectivity index (χ4n) is 1.70. The maximum absolute atomic E-state index is 11.0. The normalized spacial score (nSPS) is 11.7. The van der Waals surface area contributed by atoms with Crippen molar-refractivity contribution in [2.45, 2.75) is 18.1 Å². The molecule has 0 fully saturated rings. The van der Waals surface area contributed by atoms with Crippen LogP contribution in [0.4, 0.5) is 0 Å². The SMILES string of the molecule is NS(=O)(=O)c1ccc(CNCCc2ccc(Cl)cc2)o1. The summed E-state index contributed by atoms with van der Waals surface area (Å²) in [5, 5.41) is 8.63. The molecule has 2 rings (SSSR count). The zero-order chi connectivity index (χ0) is 14.6. The van der Waals surface area contributed by atoms with Crippen molar-refractivity contribution in [1.29, 1.82) is 0 Å². The molecule has 1 aromatic carbocycles. The number of benzene rings is 1. The van der Waals surface area contributed by atoms with Crippen molar-refractivity contribution in [2.75, 3.05) is 6.54 Å². The van der Waals surface area contributed by atoms with Crippen molar-refractivity contribution < 1.29 is 12.8 Å². The molecule has 0 aliphatic rings. The molecule has 1 aromatic heterocycles. The largest absolute Gasteiger partial charge is 0.447 e. The van der Waals surface area contributed by atoms with E-state index in [1.807, 2.05) is 24.3 Å². The monoisotopic (exact) mass is 314 g/mol. The molecule has 0 aliphatic carbocycles. The first-order valence-electron chi connectivity index (χ1n) is 6.02. The third-order valence-corrected chi connectivity index (χ3v) is 3.75. The lowest BCUT2D eigenvalue weighted by Gasteiger charge is -2.03. The lowest BCUT2D eigenvalue weighted by molar-refractivity contribution is 0.403. The molecule has 2 aromatic rings. The van der Waals surface area contributed by atoms with E-state index in [1.165, 1.54) is 11.6 Å². The van der Waals surface area contributed by atoms with Crippen LogP contribution in [-0.4, -0.2) is 15.0 Å². The van der Waals surface area contributed by atoms with Gasteiger partial charge in [0.1, 0.15) is 5.76 Å². The molecule has 0 radical (unpaired) electrons. The third-order valence-electron chi connectivity index (χ3n) is 2.72. The van der Waals surface area contributed by atoms with Crippen molar-refractivity contribution in [1.82, 2.24) is 5.32 Å². The van der Waals surface area contributed by atoms with Crippen molar-refractivity contribution in [3.8, 4) is 0 Å². The Hall–Kier alpha value is -1.34. The lowest BCUT2D eigenvalue weighted by atomic mass is 10.1. The summed E-state index contributed by atoms with van der Waals surface area (Å²) in [5.41, 5.74) is 1.17. The van der Waals surface area contributed by atoms with Gasteiger partial charge in [0, 0.05) is 5.02 Å². The highest BCUT2D eigenvalue weighted by Crippen LogP contribution is 2.12. The van der Waals surface area contributed by atoms with Gasteiger partial charge in [0.15, 0.2) is 0 Å². The van der Waals surface area contributed by atoms with E-state index in [4.69, 9.17) is 21.2 Å². The Kier molecular flexibility index (Phi) is 4.82. The number of nitrogens with one attached hydrogen (secondary N) is 1. The highest BCUT2D eigenvalue weighted by Gasteiger charge is 2.12. The Morgan fingerprint density at radius 1 is 1.15 bits per heavy atom. The molecular weight excluding hydrogens is 300 g/mol. The molecule has 0 saturated carbocycles. The molecule has 0 atom stereocenters. The molecular formula is C13H15ClN2O3S. The van der Waals surface area contributed by atoms with Gasteiger partial charge in [0.05, 0.1) is 6.54 Å². The fraction of sp³-hybridized carbons (Fsp3) is 0.231. The minimum Gasteiger partial charge on any atom is -0.447 e. The average Bonchev–Trinajstić information content (AvgIpc) is 2.85. The van der Waals surface area contributed by atoms with Crippen LogP contribution in [0.3, 0.4) is 0 Å². The summed E-state index contributed by atoms with van der Waals surface area (Å²) in [7, 11) is -3.77. The smallest absolute Gasteiger partial charge is 0.271 e. The number of halogens is 1. The predicted molar refractivity (Wildman–Crippen MR) is 76.9 cm³/mol. The first-order valence-corrected chi connectivity index (χ1v) is 7.94. The standard InChI is InChI=1S/C13H15ClN2O3S/c14-11-3-1-10(2-4-11)7-8-16-9-12-5-6-13(19-12)20(15,17)18/h1-6,16H,7-9H2,(H2,15,17,18). The van der Waals surface area contributed by atoms with E-state index in [9.17, 15) is 8.42 Å². The number of primary sulfonamides is 1. The lowest BCUT2D eigenvalue weighted by Crippen LogP contribution is -2.16. The Morgan fingerprint density at radius 3 is 2.45 bits per heavy atom. The number of rotatable bonds is 6. The van der Waals surface area contributed by atoms with Gasteiger partial charge in [-0.2, -0.15) is 0 Å². The Bertz CT molecular complexity index is 665. The average molecular weight is 315 g/mol. The Labute approximate surface area is 122 Å². The second-order valence-electron chi connectivity index (χ2n) is 4.32. The molecule has 0 unspecified atom stereocenters. The van der Waals surface area contributed by atoms with Crippen LogP contribution in [0.25, 0.3) is 0 Å². The van der Waals surface area contributed by atoms with Crippen LogP contribution in [0.1, 0.15) is 11.3 Å². The number of hydrogen-bond acceptors (Lipinski definition) is 4. The van der Waals surface area contributed by atoms with E-state index >= 15 is 0 Å². The van der Waals surface area contributed by atoms with Crippen molar-refractivity contribution >= 4 is 21.6 Å². The van der Waals surface area contributed by atoms with Crippen LogP contribution in [0.5, 0.6) is 0 Å². The summed E-state index contributed by atoms with van der Waals surface area (Å²) in [4.78, 5) is 0. The minimum absolute atomic E-state index is 0.216. The molecule has 0 aliphatic heterocycles. The number of furan rings is 1. The molecule has 20 heavy (non-hydrogen) atoms. The van der Waals surface area contributed by atoms with Crippen molar-refractivity contribution in [2.24, 2.45) is 5.14 Å². The van der Waals surface area contributed by atoms with Crippen LogP contribution in [-0.2, 0) is 23.0 Å². The summed E-state index contributed by atoms with van der Waals surface area (Å²) >= 11 is 5.80. The van der Waals surface area contributed by atoms with Gasteiger partial charge in [-0.15, -0.1) is 0 Å². The van der Waals surface area contributed by atoms with E-state index in [2.05, 4.69) is 5.32 Å². The number of sulfonamides is 1. The fourth-order valence-corrected chi connectivity index (χ4v) is 2.31. The van der Waals surface area contributed by atoms with Crippen LogP contribution in [0.2, 0.25) is 5.02 Å².